The summed E-state index contributed by atoms with van der Waals surface area (Å²) in [7, 11) is -9.46. The third kappa shape index (κ3) is 11.6. The summed E-state index contributed by atoms with van der Waals surface area (Å²) in [6.07, 6.45) is -2.20. The summed E-state index contributed by atoms with van der Waals surface area (Å²) in [4.78, 5) is 9.80. The molecule has 0 aliphatic rings. The van der Waals surface area contributed by atoms with Crippen LogP contribution in [0.15, 0.2) is 0 Å². The van der Waals surface area contributed by atoms with Gasteiger partial charge in [-0.2, -0.15) is 16.8 Å². The topological polar surface area (TPSA) is 192 Å². The first-order valence-electron chi connectivity index (χ1n) is 5.28. The van der Waals surface area contributed by atoms with Crippen molar-refractivity contribution in [3.05, 3.63) is 10.1 Å². The average Bonchev–Trinajstić information content (AvgIpc) is 2.24. The Labute approximate surface area is 171 Å². The van der Waals surface area contributed by atoms with E-state index in [9.17, 15) is 26.9 Å². The Hall–Kier alpha value is 1.14. The summed E-state index contributed by atoms with van der Waals surface area (Å²) >= 11 is 0. The molecule has 15 heteroatoms. The molecule has 0 saturated carbocycles. The molecular weight excluding hydrogens is 368 g/mol. The predicted molar refractivity (Wildman–Crippen MR) is 75.9 cm³/mol. The summed E-state index contributed by atoms with van der Waals surface area (Å²) < 4.78 is 58.9. The zero-order chi connectivity index (χ0) is 16.1. The summed E-state index contributed by atoms with van der Waals surface area (Å²) in [5.41, 5.74) is -4.37. The van der Waals surface area contributed by atoms with Crippen LogP contribution < -0.4 is 0 Å². The maximum absolute atomic E-state index is 10.6. The van der Waals surface area contributed by atoms with Gasteiger partial charge < -0.3 is 10.2 Å². The summed E-state index contributed by atoms with van der Waals surface area (Å²) in [5, 5.41) is 28.6. The Morgan fingerprint density at radius 1 is 0.818 bits per heavy atom. The molecule has 0 aromatic heterocycles. The van der Waals surface area contributed by atoms with Crippen molar-refractivity contribution in [3.63, 3.8) is 0 Å². The van der Waals surface area contributed by atoms with Gasteiger partial charge in [0.2, 0.25) is 6.04 Å². The third-order valence-electron chi connectivity index (χ3n) is 2.48. The molecule has 0 aliphatic heterocycles. The van der Waals surface area contributed by atoms with Crippen molar-refractivity contribution in [2.45, 2.75) is 42.6 Å². The van der Waals surface area contributed by atoms with Crippen LogP contribution in [0.3, 0.4) is 0 Å². The molecule has 4 N–H and O–H groups in total. The van der Waals surface area contributed by atoms with Crippen LogP contribution in [0.2, 0.25) is 0 Å². The molecule has 0 amide bonds. The molecule has 2 atom stereocenters. The fourth-order valence-corrected chi connectivity index (χ4v) is 2.19. The van der Waals surface area contributed by atoms with Crippen molar-refractivity contribution < 1.29 is 41.1 Å². The molecule has 22 heavy (non-hydrogen) atoms. The molecule has 2 radical (unpaired) electrons. The molecule has 2 unspecified atom stereocenters. The first kappa shape index (κ1) is 28.0. The zero-order valence-electron chi connectivity index (χ0n) is 12.1. The van der Waals surface area contributed by atoms with E-state index in [1.165, 1.54) is 0 Å². The molecule has 0 spiro atoms. The maximum atomic E-state index is 10.6. The average molecular weight is 383 g/mol. The van der Waals surface area contributed by atoms with E-state index in [2.05, 4.69) is 0 Å². The van der Waals surface area contributed by atoms with Crippen molar-refractivity contribution in [3.8, 4) is 0 Å². The van der Waals surface area contributed by atoms with E-state index in [4.69, 9.17) is 19.3 Å². The van der Waals surface area contributed by atoms with Crippen LogP contribution in [0.4, 0.5) is 0 Å². The molecule has 122 valence electrons. The van der Waals surface area contributed by atoms with E-state index in [0.29, 0.717) is 0 Å². The SMILES string of the molecule is O=[N+]([O-])C(CCC(O)S(=O)(=O)O)CCC(O)S(=O)(=O)O.[Na].[Na]. The maximum Gasteiger partial charge on any atom is 0.291 e. The molecule has 0 fully saturated rings. The largest absolute Gasteiger partial charge is 0.375 e. The van der Waals surface area contributed by atoms with Crippen molar-refractivity contribution >= 4 is 79.4 Å². The van der Waals surface area contributed by atoms with Crippen LogP contribution in [0, 0.1) is 10.1 Å². The van der Waals surface area contributed by atoms with E-state index in [0.717, 1.165) is 0 Å². The number of hydrogen-bond acceptors (Lipinski definition) is 8. The summed E-state index contributed by atoms with van der Waals surface area (Å²) in [6, 6.07) is -1.44. The van der Waals surface area contributed by atoms with Crippen LogP contribution in [0.25, 0.3) is 0 Å². The van der Waals surface area contributed by atoms with Gasteiger partial charge in [0.25, 0.3) is 20.2 Å². The predicted octanol–water partition coefficient (Wildman–Crippen LogP) is -2.16. The fraction of sp³-hybridized carbons (Fsp3) is 1.00. The second-order valence-corrected chi connectivity index (χ2v) is 7.18. The molecule has 0 aromatic carbocycles. The Morgan fingerprint density at radius 2 is 1.09 bits per heavy atom. The normalized spacial score (nSPS) is 15.8. The Balaban J connectivity index is -0.00000180. The van der Waals surface area contributed by atoms with E-state index >= 15 is 0 Å². The standard InChI is InChI=1S/C7H15NO10S2.2Na/c9-6(19(13,14)15)3-1-5(8(11)12)2-4-7(10)20(16,17)18;;/h5-7,9-10H,1-4H2,(H,13,14,15)(H,16,17,18);;. The van der Waals surface area contributed by atoms with Gasteiger partial charge in [-0.1, -0.05) is 0 Å². The third-order valence-corrected chi connectivity index (χ3v) is 4.33. The Kier molecular flexibility index (Phi) is 14.8. The number of hydrogen-bond donors (Lipinski definition) is 4. The van der Waals surface area contributed by atoms with Crippen molar-refractivity contribution in [1.29, 1.82) is 0 Å². The summed E-state index contributed by atoms with van der Waals surface area (Å²) in [5.74, 6) is 0. The second-order valence-electron chi connectivity index (χ2n) is 4.03. The number of nitro groups is 1. The van der Waals surface area contributed by atoms with Gasteiger partial charge in [0, 0.05) is 76.9 Å². The van der Waals surface area contributed by atoms with Gasteiger partial charge in [0.1, 0.15) is 0 Å². The van der Waals surface area contributed by atoms with Gasteiger partial charge in [-0.25, -0.2) is 0 Å². The van der Waals surface area contributed by atoms with Gasteiger partial charge in [-0.15, -0.1) is 0 Å². The molecule has 0 saturated heterocycles. The van der Waals surface area contributed by atoms with E-state index < -0.39 is 67.8 Å². The minimum atomic E-state index is -4.73. The monoisotopic (exact) mass is 383 g/mol. The van der Waals surface area contributed by atoms with Crippen molar-refractivity contribution in [2.24, 2.45) is 0 Å². The van der Waals surface area contributed by atoms with Crippen LogP contribution >= 0.6 is 0 Å². The second kappa shape index (κ2) is 11.7. The van der Waals surface area contributed by atoms with Crippen LogP contribution in [-0.4, -0.2) is 117 Å². The van der Waals surface area contributed by atoms with Gasteiger partial charge in [-0.05, 0) is 12.8 Å². The van der Waals surface area contributed by atoms with Gasteiger partial charge in [0.05, 0.1) is 0 Å². The molecule has 11 nitrogen and oxygen atoms in total. The summed E-state index contributed by atoms with van der Waals surface area (Å²) in [6.45, 7) is 0. The van der Waals surface area contributed by atoms with E-state index in [-0.39, 0.29) is 59.1 Å². The molecule has 0 heterocycles. The molecule has 0 aromatic rings. The van der Waals surface area contributed by atoms with Gasteiger partial charge in [-0.3, -0.25) is 19.2 Å². The van der Waals surface area contributed by atoms with Crippen molar-refractivity contribution in [2.75, 3.05) is 0 Å². The van der Waals surface area contributed by atoms with Crippen LogP contribution in [0.5, 0.6) is 0 Å². The number of rotatable bonds is 9. The van der Waals surface area contributed by atoms with Gasteiger partial charge in [0.15, 0.2) is 10.9 Å². The number of aliphatic hydroxyl groups excluding tert-OH is 2. The Bertz CT molecular complexity index is 493. The number of aliphatic hydroxyl groups is 2. The quantitative estimate of drug-likeness (QED) is 0.147. The molecule has 0 bridgehead atoms. The van der Waals surface area contributed by atoms with E-state index in [1.54, 1.807) is 0 Å². The minimum absolute atomic E-state index is 0. The van der Waals surface area contributed by atoms with Crippen LogP contribution in [-0.2, 0) is 20.2 Å². The Morgan fingerprint density at radius 3 is 1.27 bits per heavy atom. The first-order valence-corrected chi connectivity index (χ1v) is 8.28. The molecule has 0 aliphatic carbocycles. The smallest absolute Gasteiger partial charge is 0.291 e. The van der Waals surface area contributed by atoms with Crippen LogP contribution in [0.1, 0.15) is 25.7 Å². The zero-order valence-corrected chi connectivity index (χ0v) is 17.7. The fourth-order valence-electron chi connectivity index (χ4n) is 1.32. The van der Waals surface area contributed by atoms with E-state index in [1.807, 2.05) is 0 Å². The van der Waals surface area contributed by atoms with Gasteiger partial charge >= 0.3 is 0 Å². The first-order chi connectivity index (χ1) is 8.85. The minimum Gasteiger partial charge on any atom is -0.375 e. The molecule has 0 rings (SSSR count). The number of nitrogens with zero attached hydrogens (tertiary/aromatic N) is 1. The van der Waals surface area contributed by atoms with Crippen molar-refractivity contribution in [1.82, 2.24) is 0 Å². The molecular formula is C7H15NNa2O10S2.